The predicted molar refractivity (Wildman–Crippen MR) is 145 cm³/mol. The Labute approximate surface area is 234 Å². The molecule has 2 aromatic rings. The second-order valence-electron chi connectivity index (χ2n) is 10.3. The highest BCUT2D eigenvalue weighted by Gasteiger charge is 2.37. The maximum absolute atomic E-state index is 14.0. The van der Waals surface area contributed by atoms with Crippen molar-refractivity contribution in [2.75, 3.05) is 49.6 Å². The van der Waals surface area contributed by atoms with Crippen molar-refractivity contribution in [3.05, 3.63) is 45.1 Å². The molecular formula is C26H32ClF3N4O4S. The van der Waals surface area contributed by atoms with Gasteiger partial charge in [0.15, 0.2) is 0 Å². The lowest BCUT2D eigenvalue weighted by Crippen LogP contribution is -2.52. The van der Waals surface area contributed by atoms with E-state index in [9.17, 15) is 27.6 Å². The highest BCUT2D eigenvalue weighted by molar-refractivity contribution is 7.18. The van der Waals surface area contributed by atoms with E-state index in [0.29, 0.717) is 22.3 Å². The van der Waals surface area contributed by atoms with Gasteiger partial charge in [0, 0.05) is 25.3 Å². The summed E-state index contributed by atoms with van der Waals surface area (Å²) in [5.41, 5.74) is -1.62. The zero-order valence-electron chi connectivity index (χ0n) is 22.2. The predicted octanol–water partition coefficient (Wildman–Crippen LogP) is 4.89. The standard InChI is InChI=1S/C26H32ClF3N4O4S/c1-5-33(15-25(2,3)4)19(13-31-24(37)20-8-9-21(27)39-20)23(36)32-16-6-7-18(17(12-16)26(28,29)30)34-10-11-38-14-22(34)35/h6-9,12,19H,5,10-11,13-15H2,1-4H3,(H,31,37)(H,32,36)/t19-/m0/s1. The molecule has 0 aliphatic carbocycles. The van der Waals surface area contributed by atoms with E-state index >= 15 is 0 Å². The second kappa shape index (κ2) is 12.7. The monoisotopic (exact) mass is 588 g/mol. The third kappa shape index (κ3) is 8.41. The molecule has 3 amide bonds. The average Bonchev–Trinajstić information content (AvgIpc) is 3.29. The summed E-state index contributed by atoms with van der Waals surface area (Å²) in [5, 5.41) is 5.33. The number of hydrogen-bond donors (Lipinski definition) is 2. The number of halogens is 4. The van der Waals surface area contributed by atoms with Crippen molar-refractivity contribution in [2.45, 2.75) is 39.9 Å². The van der Waals surface area contributed by atoms with Crippen LogP contribution in [0.25, 0.3) is 0 Å². The Hall–Kier alpha value is -2.67. The van der Waals surface area contributed by atoms with E-state index in [1.54, 1.807) is 12.1 Å². The first kappa shape index (κ1) is 30.9. The SMILES string of the molecule is CCN(CC(C)(C)C)[C@@H](CNC(=O)c1ccc(Cl)s1)C(=O)Nc1ccc(N2CCOCC2=O)c(C(F)(F)F)c1. The van der Waals surface area contributed by atoms with E-state index < -0.39 is 35.5 Å². The first-order valence-corrected chi connectivity index (χ1v) is 13.6. The Morgan fingerprint density at radius 2 is 1.92 bits per heavy atom. The van der Waals surface area contributed by atoms with Gasteiger partial charge in [0.1, 0.15) is 12.6 Å². The van der Waals surface area contributed by atoms with E-state index in [-0.39, 0.29) is 43.1 Å². The van der Waals surface area contributed by atoms with Crippen LogP contribution >= 0.6 is 22.9 Å². The molecule has 214 valence electrons. The molecule has 2 N–H and O–H groups in total. The Morgan fingerprint density at radius 1 is 1.21 bits per heavy atom. The number of likely N-dealkylation sites (N-methyl/N-ethyl adjacent to an activating group) is 1. The lowest BCUT2D eigenvalue weighted by molar-refractivity contribution is -0.137. The third-order valence-corrected chi connectivity index (χ3v) is 7.16. The molecule has 0 radical (unpaired) electrons. The Balaban J connectivity index is 1.87. The largest absolute Gasteiger partial charge is 0.418 e. The molecule has 39 heavy (non-hydrogen) atoms. The molecule has 2 heterocycles. The van der Waals surface area contributed by atoms with Crippen LogP contribution in [0.4, 0.5) is 24.5 Å². The molecule has 0 unspecified atom stereocenters. The Bertz CT molecular complexity index is 1200. The van der Waals surface area contributed by atoms with Crippen LogP contribution in [-0.4, -0.2) is 68.1 Å². The van der Waals surface area contributed by atoms with E-state index in [4.69, 9.17) is 16.3 Å². The van der Waals surface area contributed by atoms with Crippen LogP contribution in [0, 0.1) is 5.41 Å². The number of alkyl halides is 3. The summed E-state index contributed by atoms with van der Waals surface area (Å²) in [7, 11) is 0. The van der Waals surface area contributed by atoms with Crippen LogP contribution in [-0.2, 0) is 20.5 Å². The van der Waals surface area contributed by atoms with Crippen LogP contribution in [0.1, 0.15) is 42.9 Å². The van der Waals surface area contributed by atoms with Crippen molar-refractivity contribution in [2.24, 2.45) is 5.41 Å². The lowest BCUT2D eigenvalue weighted by Gasteiger charge is -2.35. The maximum Gasteiger partial charge on any atom is 0.418 e. The Kier molecular flexibility index (Phi) is 10.0. The van der Waals surface area contributed by atoms with Gasteiger partial charge in [-0.05, 0) is 42.3 Å². The molecule has 0 bridgehead atoms. The highest BCUT2D eigenvalue weighted by atomic mass is 35.5. The van der Waals surface area contributed by atoms with Gasteiger partial charge in [0.2, 0.25) is 5.91 Å². The lowest BCUT2D eigenvalue weighted by atomic mass is 9.95. The van der Waals surface area contributed by atoms with Crippen LogP contribution < -0.4 is 15.5 Å². The molecule has 1 fully saturated rings. The second-order valence-corrected chi connectivity index (χ2v) is 12.0. The smallest absolute Gasteiger partial charge is 0.370 e. The molecule has 3 rings (SSSR count). The molecule has 1 saturated heterocycles. The molecule has 1 aromatic heterocycles. The van der Waals surface area contributed by atoms with Crippen LogP contribution in [0.3, 0.4) is 0 Å². The van der Waals surface area contributed by atoms with Crippen LogP contribution in [0.2, 0.25) is 4.34 Å². The molecule has 1 aliphatic heterocycles. The summed E-state index contributed by atoms with van der Waals surface area (Å²) in [4.78, 5) is 41.6. The third-order valence-electron chi connectivity index (χ3n) is 5.93. The van der Waals surface area contributed by atoms with Gasteiger partial charge in [-0.1, -0.05) is 39.3 Å². The highest BCUT2D eigenvalue weighted by Crippen LogP contribution is 2.39. The molecule has 13 heteroatoms. The number of anilines is 2. The number of carbonyl (C=O) groups excluding carboxylic acids is 3. The minimum Gasteiger partial charge on any atom is -0.370 e. The van der Waals surface area contributed by atoms with Crippen molar-refractivity contribution in [1.29, 1.82) is 0 Å². The number of nitrogens with one attached hydrogen (secondary N) is 2. The Morgan fingerprint density at radius 3 is 2.49 bits per heavy atom. The van der Waals surface area contributed by atoms with Gasteiger partial charge in [0.25, 0.3) is 11.8 Å². The first-order valence-electron chi connectivity index (χ1n) is 12.4. The normalized spacial score (nSPS) is 15.4. The first-order chi connectivity index (χ1) is 18.2. The fraction of sp³-hybridized carbons (Fsp3) is 0.500. The minimum absolute atomic E-state index is 0.0108. The van der Waals surface area contributed by atoms with E-state index in [0.717, 1.165) is 22.3 Å². The van der Waals surface area contributed by atoms with Gasteiger partial charge in [0.05, 0.1) is 27.1 Å². The van der Waals surface area contributed by atoms with Crippen molar-refractivity contribution in [1.82, 2.24) is 10.2 Å². The van der Waals surface area contributed by atoms with Gasteiger partial charge >= 0.3 is 6.18 Å². The topological polar surface area (TPSA) is 91.0 Å². The summed E-state index contributed by atoms with van der Waals surface area (Å²) >= 11 is 7.02. The summed E-state index contributed by atoms with van der Waals surface area (Å²) in [6, 6.07) is 5.61. The molecule has 0 saturated carbocycles. The van der Waals surface area contributed by atoms with Crippen molar-refractivity contribution < 1.29 is 32.3 Å². The fourth-order valence-electron chi connectivity index (χ4n) is 4.23. The number of thiophene rings is 1. The van der Waals surface area contributed by atoms with Crippen LogP contribution in [0.5, 0.6) is 0 Å². The number of benzene rings is 1. The molecular weight excluding hydrogens is 557 g/mol. The molecule has 1 aromatic carbocycles. The van der Waals surface area contributed by atoms with E-state index in [2.05, 4.69) is 10.6 Å². The van der Waals surface area contributed by atoms with Crippen molar-refractivity contribution in [3.8, 4) is 0 Å². The number of morpholine rings is 1. The summed E-state index contributed by atoms with van der Waals surface area (Å²) in [6.45, 7) is 8.54. The van der Waals surface area contributed by atoms with Crippen LogP contribution in [0.15, 0.2) is 30.3 Å². The van der Waals surface area contributed by atoms with Gasteiger partial charge in [-0.25, -0.2) is 0 Å². The summed E-state index contributed by atoms with van der Waals surface area (Å²) in [5.74, 6) is -1.56. The molecule has 1 aliphatic rings. The van der Waals surface area contributed by atoms with Gasteiger partial charge in [-0.15, -0.1) is 11.3 Å². The van der Waals surface area contributed by atoms with Gasteiger partial charge in [-0.3, -0.25) is 19.3 Å². The van der Waals surface area contributed by atoms with E-state index in [1.807, 2.05) is 32.6 Å². The van der Waals surface area contributed by atoms with Crippen molar-refractivity contribution >= 4 is 52.0 Å². The number of rotatable bonds is 9. The fourth-order valence-corrected chi connectivity index (χ4v) is 5.19. The maximum atomic E-state index is 14.0. The van der Waals surface area contributed by atoms with E-state index in [1.165, 1.54) is 12.1 Å². The quantitative estimate of drug-likeness (QED) is 0.435. The number of nitrogens with zero attached hydrogens (tertiary/aromatic N) is 2. The molecule has 8 nitrogen and oxygen atoms in total. The number of ether oxygens (including phenoxy) is 1. The molecule has 0 spiro atoms. The van der Waals surface area contributed by atoms with Gasteiger partial charge < -0.3 is 20.3 Å². The number of carbonyl (C=O) groups is 3. The average molecular weight is 589 g/mol. The zero-order chi connectivity index (χ0) is 29.0. The van der Waals surface area contributed by atoms with Crippen molar-refractivity contribution in [3.63, 3.8) is 0 Å². The molecule has 1 atom stereocenters. The van der Waals surface area contributed by atoms with Gasteiger partial charge in [-0.2, -0.15) is 13.2 Å². The zero-order valence-corrected chi connectivity index (χ0v) is 23.7. The number of hydrogen-bond acceptors (Lipinski definition) is 6. The number of amides is 3. The minimum atomic E-state index is -4.77. The summed E-state index contributed by atoms with van der Waals surface area (Å²) < 4.78 is 47.5. The summed E-state index contributed by atoms with van der Waals surface area (Å²) in [6.07, 6.45) is -4.77.